The Morgan fingerprint density at radius 2 is 2.05 bits per heavy atom. The molecule has 2 unspecified atom stereocenters. The van der Waals surface area contributed by atoms with Crippen LogP contribution in [0.3, 0.4) is 0 Å². The SMILES string of the molecule is CC(Nc1ccccc1OC(F)(F)F)C1CCCN(C)C1. The fraction of sp³-hybridized carbons (Fsp3) is 0.600. The largest absolute Gasteiger partial charge is 0.573 e. The number of ether oxygens (including phenoxy) is 1. The summed E-state index contributed by atoms with van der Waals surface area (Å²) in [5, 5.41) is 3.17. The van der Waals surface area contributed by atoms with Crippen molar-refractivity contribution in [1.82, 2.24) is 4.90 Å². The number of halogens is 3. The number of nitrogens with zero attached hydrogens (tertiary/aromatic N) is 1. The maximum atomic E-state index is 12.4. The highest BCUT2D eigenvalue weighted by molar-refractivity contribution is 5.56. The predicted molar refractivity (Wildman–Crippen MR) is 76.4 cm³/mol. The molecule has 1 aliphatic rings. The van der Waals surface area contributed by atoms with Gasteiger partial charge in [-0.2, -0.15) is 0 Å². The molecule has 0 bridgehead atoms. The Kier molecular flexibility index (Phi) is 4.98. The predicted octanol–water partition coefficient (Wildman–Crippen LogP) is 3.73. The summed E-state index contributed by atoms with van der Waals surface area (Å²) < 4.78 is 41.3. The van der Waals surface area contributed by atoms with Gasteiger partial charge in [-0.05, 0) is 51.4 Å². The smallest absolute Gasteiger partial charge is 0.404 e. The first-order valence-corrected chi connectivity index (χ1v) is 7.15. The van der Waals surface area contributed by atoms with Gasteiger partial charge in [-0.1, -0.05) is 12.1 Å². The van der Waals surface area contributed by atoms with E-state index in [1.54, 1.807) is 12.1 Å². The van der Waals surface area contributed by atoms with Crippen LogP contribution < -0.4 is 10.1 Å². The van der Waals surface area contributed by atoms with Gasteiger partial charge in [-0.25, -0.2) is 0 Å². The zero-order chi connectivity index (χ0) is 15.5. The third kappa shape index (κ3) is 4.81. The minimum absolute atomic E-state index is 0.0886. The maximum absolute atomic E-state index is 12.4. The first-order chi connectivity index (χ1) is 9.85. The monoisotopic (exact) mass is 302 g/mol. The molecule has 1 aromatic rings. The van der Waals surface area contributed by atoms with Crippen molar-refractivity contribution < 1.29 is 17.9 Å². The third-order valence-electron chi connectivity index (χ3n) is 3.86. The summed E-state index contributed by atoms with van der Waals surface area (Å²) in [6, 6.07) is 6.27. The van der Waals surface area contributed by atoms with E-state index in [-0.39, 0.29) is 11.8 Å². The van der Waals surface area contributed by atoms with Crippen molar-refractivity contribution in [3.05, 3.63) is 24.3 Å². The molecule has 0 saturated carbocycles. The lowest BCUT2D eigenvalue weighted by molar-refractivity contribution is -0.274. The van der Waals surface area contributed by atoms with Gasteiger partial charge >= 0.3 is 6.36 Å². The molecule has 0 spiro atoms. The molecule has 2 rings (SSSR count). The lowest BCUT2D eigenvalue weighted by Gasteiger charge is -2.34. The van der Waals surface area contributed by atoms with Gasteiger partial charge in [0.1, 0.15) is 0 Å². The number of rotatable bonds is 4. The van der Waals surface area contributed by atoms with Crippen molar-refractivity contribution in [2.45, 2.75) is 32.2 Å². The molecule has 1 aromatic carbocycles. The minimum atomic E-state index is -4.67. The highest BCUT2D eigenvalue weighted by Gasteiger charge is 2.32. The first-order valence-electron chi connectivity index (χ1n) is 7.15. The lowest BCUT2D eigenvalue weighted by Crippen LogP contribution is -2.40. The third-order valence-corrected chi connectivity index (χ3v) is 3.86. The van der Waals surface area contributed by atoms with Gasteiger partial charge in [0.15, 0.2) is 5.75 Å². The second-order valence-corrected chi connectivity index (χ2v) is 5.64. The van der Waals surface area contributed by atoms with Crippen LogP contribution in [0.4, 0.5) is 18.9 Å². The Hall–Kier alpha value is -1.43. The molecule has 1 saturated heterocycles. The molecule has 1 N–H and O–H groups in total. The zero-order valence-corrected chi connectivity index (χ0v) is 12.3. The van der Waals surface area contributed by atoms with Crippen LogP contribution in [0, 0.1) is 5.92 Å². The van der Waals surface area contributed by atoms with Crippen LogP contribution in [0.15, 0.2) is 24.3 Å². The van der Waals surface area contributed by atoms with Crippen LogP contribution in [0.25, 0.3) is 0 Å². The molecule has 21 heavy (non-hydrogen) atoms. The van der Waals surface area contributed by atoms with Gasteiger partial charge in [0.05, 0.1) is 5.69 Å². The van der Waals surface area contributed by atoms with Crippen molar-refractivity contribution >= 4 is 5.69 Å². The molecular formula is C15H21F3N2O. The standard InChI is InChI=1S/C15H21F3N2O/c1-11(12-6-5-9-20(2)10-12)19-13-7-3-4-8-14(13)21-15(16,17)18/h3-4,7-8,11-12,19H,5-6,9-10H2,1-2H3. The first kappa shape index (κ1) is 15.9. The van der Waals surface area contributed by atoms with E-state index in [0.717, 1.165) is 25.9 Å². The fourth-order valence-corrected chi connectivity index (χ4v) is 2.78. The molecule has 0 aromatic heterocycles. The molecule has 1 aliphatic heterocycles. The summed E-state index contributed by atoms with van der Waals surface area (Å²) in [5.74, 6) is 0.240. The number of nitrogens with one attached hydrogen (secondary N) is 1. The molecule has 0 amide bonds. The van der Waals surface area contributed by atoms with E-state index < -0.39 is 6.36 Å². The van der Waals surface area contributed by atoms with E-state index in [9.17, 15) is 13.2 Å². The highest BCUT2D eigenvalue weighted by atomic mass is 19.4. The Morgan fingerprint density at radius 3 is 2.71 bits per heavy atom. The number of anilines is 1. The second kappa shape index (κ2) is 6.56. The second-order valence-electron chi connectivity index (χ2n) is 5.64. The van der Waals surface area contributed by atoms with Crippen LogP contribution in [0.5, 0.6) is 5.75 Å². The Balaban J connectivity index is 2.05. The van der Waals surface area contributed by atoms with Gasteiger partial charge in [-0.3, -0.25) is 0 Å². The van der Waals surface area contributed by atoms with E-state index in [0.29, 0.717) is 11.6 Å². The maximum Gasteiger partial charge on any atom is 0.573 e. The molecule has 2 atom stereocenters. The summed E-state index contributed by atoms with van der Waals surface area (Å²) in [6.07, 6.45) is -2.47. The van der Waals surface area contributed by atoms with Crippen LogP contribution >= 0.6 is 0 Å². The molecule has 1 heterocycles. The average Bonchev–Trinajstić information content (AvgIpc) is 2.39. The summed E-state index contributed by atoms with van der Waals surface area (Å²) in [5.41, 5.74) is 0.385. The van der Waals surface area contributed by atoms with Crippen LogP contribution in [0.1, 0.15) is 19.8 Å². The van der Waals surface area contributed by atoms with E-state index in [2.05, 4.69) is 22.0 Å². The van der Waals surface area contributed by atoms with Crippen molar-refractivity contribution in [3.8, 4) is 5.75 Å². The number of alkyl halides is 3. The number of benzene rings is 1. The van der Waals surface area contributed by atoms with Gasteiger partial charge in [-0.15, -0.1) is 13.2 Å². The Labute approximate surface area is 123 Å². The van der Waals surface area contributed by atoms with Gasteiger partial charge in [0.25, 0.3) is 0 Å². The Morgan fingerprint density at radius 1 is 1.33 bits per heavy atom. The van der Waals surface area contributed by atoms with Crippen molar-refractivity contribution in [2.24, 2.45) is 5.92 Å². The van der Waals surface area contributed by atoms with Crippen LogP contribution in [0.2, 0.25) is 0 Å². The number of piperidine rings is 1. The van der Waals surface area contributed by atoms with Crippen LogP contribution in [-0.2, 0) is 0 Å². The van der Waals surface area contributed by atoms with E-state index >= 15 is 0 Å². The number of para-hydroxylation sites is 2. The van der Waals surface area contributed by atoms with Crippen molar-refractivity contribution in [2.75, 3.05) is 25.5 Å². The van der Waals surface area contributed by atoms with Crippen LogP contribution in [-0.4, -0.2) is 37.4 Å². The van der Waals surface area contributed by atoms with Gasteiger partial charge < -0.3 is 15.0 Å². The molecule has 6 heteroatoms. The fourth-order valence-electron chi connectivity index (χ4n) is 2.78. The summed E-state index contributed by atoms with van der Waals surface area (Å²) in [4.78, 5) is 2.25. The lowest BCUT2D eigenvalue weighted by atomic mass is 9.91. The number of likely N-dealkylation sites (tertiary alicyclic amines) is 1. The summed E-state index contributed by atoms with van der Waals surface area (Å²) >= 11 is 0. The molecule has 0 aliphatic carbocycles. The van der Waals surface area contributed by atoms with Crippen molar-refractivity contribution in [3.63, 3.8) is 0 Å². The molecular weight excluding hydrogens is 281 g/mol. The summed E-state index contributed by atoms with van der Waals surface area (Å²) in [6.45, 7) is 4.04. The Bertz CT molecular complexity index is 464. The molecule has 0 radical (unpaired) electrons. The molecule has 118 valence electrons. The summed E-state index contributed by atoms with van der Waals surface area (Å²) in [7, 11) is 2.07. The normalized spacial score (nSPS) is 21.9. The molecule has 1 fully saturated rings. The zero-order valence-electron chi connectivity index (χ0n) is 12.3. The minimum Gasteiger partial charge on any atom is -0.404 e. The number of hydrogen-bond acceptors (Lipinski definition) is 3. The van der Waals surface area contributed by atoms with E-state index in [4.69, 9.17) is 0 Å². The van der Waals surface area contributed by atoms with Gasteiger partial charge in [0, 0.05) is 12.6 Å². The van der Waals surface area contributed by atoms with E-state index in [1.165, 1.54) is 12.1 Å². The quantitative estimate of drug-likeness (QED) is 0.917. The van der Waals surface area contributed by atoms with Crippen molar-refractivity contribution in [1.29, 1.82) is 0 Å². The van der Waals surface area contributed by atoms with E-state index in [1.807, 2.05) is 6.92 Å². The number of hydrogen-bond donors (Lipinski definition) is 1. The average molecular weight is 302 g/mol. The van der Waals surface area contributed by atoms with Gasteiger partial charge in [0.2, 0.25) is 0 Å². The molecule has 3 nitrogen and oxygen atoms in total. The highest BCUT2D eigenvalue weighted by Crippen LogP contribution is 2.31. The topological polar surface area (TPSA) is 24.5 Å².